The number of rotatable bonds is 8. The van der Waals surface area contributed by atoms with Gasteiger partial charge < -0.3 is 15.0 Å². The Morgan fingerprint density at radius 1 is 1.00 bits per heavy atom. The van der Waals surface area contributed by atoms with Crippen LogP contribution in [0.2, 0.25) is 0 Å². The zero-order valence-electron chi connectivity index (χ0n) is 15.1. The molecular weight excluding hydrogens is 326 g/mol. The fourth-order valence-corrected chi connectivity index (χ4v) is 2.57. The number of ether oxygens (including phenoxy) is 1. The molecule has 0 aliphatic carbocycles. The lowest BCUT2D eigenvalue weighted by Crippen LogP contribution is -2.24. The van der Waals surface area contributed by atoms with Gasteiger partial charge in [0.05, 0.1) is 12.8 Å². The molecule has 0 aliphatic heterocycles. The van der Waals surface area contributed by atoms with Gasteiger partial charge in [-0.1, -0.05) is 30.3 Å². The largest absolute Gasteiger partial charge is 0.494 e. The van der Waals surface area contributed by atoms with Gasteiger partial charge in [0.1, 0.15) is 5.75 Å². The molecule has 0 atom stereocenters. The van der Waals surface area contributed by atoms with Crippen LogP contribution < -0.4 is 15.0 Å². The number of hydrogen-bond donors (Lipinski definition) is 1. The molecule has 3 rings (SSSR count). The summed E-state index contributed by atoms with van der Waals surface area (Å²) in [6.07, 6.45) is 1.62. The van der Waals surface area contributed by atoms with Gasteiger partial charge in [0.25, 0.3) is 0 Å². The second kappa shape index (κ2) is 8.80. The second-order valence-corrected chi connectivity index (χ2v) is 5.72. The summed E-state index contributed by atoms with van der Waals surface area (Å²) in [4.78, 5) is 6.69. The smallest absolute Gasteiger partial charge is 0.247 e. The molecule has 1 N–H and O–H groups in total. The minimum atomic E-state index is 0.604. The summed E-state index contributed by atoms with van der Waals surface area (Å²) in [5.41, 5.74) is 2.13. The number of benzene rings is 2. The molecule has 1 aromatic heterocycles. The molecule has 0 fully saturated rings. The number of aromatic nitrogens is 3. The van der Waals surface area contributed by atoms with Crippen molar-refractivity contribution in [1.82, 2.24) is 15.2 Å². The van der Waals surface area contributed by atoms with E-state index in [4.69, 9.17) is 4.74 Å². The highest BCUT2D eigenvalue weighted by Crippen LogP contribution is 2.20. The van der Waals surface area contributed by atoms with Crippen LogP contribution in [0.25, 0.3) is 0 Å². The van der Waals surface area contributed by atoms with Crippen molar-refractivity contribution < 1.29 is 4.74 Å². The summed E-state index contributed by atoms with van der Waals surface area (Å²) < 4.78 is 5.46. The van der Waals surface area contributed by atoms with Gasteiger partial charge in [-0.3, -0.25) is 0 Å². The molecule has 134 valence electrons. The Morgan fingerprint density at radius 3 is 2.46 bits per heavy atom. The second-order valence-electron chi connectivity index (χ2n) is 5.72. The average molecular weight is 349 g/mol. The van der Waals surface area contributed by atoms with E-state index in [1.165, 1.54) is 5.56 Å². The Morgan fingerprint density at radius 2 is 1.77 bits per heavy atom. The average Bonchev–Trinajstić information content (AvgIpc) is 2.69. The Labute approximate surface area is 153 Å². The summed E-state index contributed by atoms with van der Waals surface area (Å²) in [5.74, 6) is 2.11. The molecule has 0 unspecified atom stereocenters. The Hall–Kier alpha value is -3.15. The van der Waals surface area contributed by atoms with Gasteiger partial charge >= 0.3 is 0 Å². The lowest BCUT2D eigenvalue weighted by atomic mass is 10.2. The Kier molecular flexibility index (Phi) is 5.98. The first-order valence-electron chi connectivity index (χ1n) is 8.77. The molecule has 2 aromatic carbocycles. The van der Waals surface area contributed by atoms with E-state index < -0.39 is 0 Å². The standard InChI is InChI=1S/C20H23N5O/c1-3-25(15-16-8-6-5-7-9-16)20-23-19(14-21-24-20)22-17-10-12-18(13-11-17)26-4-2/h5-14H,3-4,15H2,1-2H3,(H,22,23,24). The van der Waals surface area contributed by atoms with E-state index in [1.807, 2.05) is 49.4 Å². The van der Waals surface area contributed by atoms with E-state index in [2.05, 4.69) is 44.5 Å². The fraction of sp³-hybridized carbons (Fsp3) is 0.250. The predicted octanol–water partition coefficient (Wildman–Crippen LogP) is 4.04. The van der Waals surface area contributed by atoms with Gasteiger partial charge in [-0.2, -0.15) is 10.1 Å². The summed E-state index contributed by atoms with van der Waals surface area (Å²) >= 11 is 0. The molecule has 0 aliphatic rings. The third kappa shape index (κ3) is 4.69. The minimum Gasteiger partial charge on any atom is -0.494 e. The zero-order valence-corrected chi connectivity index (χ0v) is 15.1. The maximum atomic E-state index is 5.46. The maximum Gasteiger partial charge on any atom is 0.247 e. The molecule has 3 aromatic rings. The molecule has 26 heavy (non-hydrogen) atoms. The molecule has 0 saturated heterocycles. The molecule has 0 bridgehead atoms. The van der Waals surface area contributed by atoms with Crippen molar-refractivity contribution in [3.63, 3.8) is 0 Å². The van der Waals surface area contributed by atoms with Crippen molar-refractivity contribution in [2.24, 2.45) is 0 Å². The van der Waals surface area contributed by atoms with E-state index in [1.54, 1.807) is 6.20 Å². The van der Waals surface area contributed by atoms with E-state index >= 15 is 0 Å². The molecular formula is C20H23N5O. The van der Waals surface area contributed by atoms with Gasteiger partial charge in [0.15, 0.2) is 5.82 Å². The molecule has 6 nitrogen and oxygen atoms in total. The quantitative estimate of drug-likeness (QED) is 0.662. The van der Waals surface area contributed by atoms with Crippen LogP contribution in [0.4, 0.5) is 17.5 Å². The first-order valence-corrected chi connectivity index (χ1v) is 8.77. The van der Waals surface area contributed by atoms with Crippen molar-refractivity contribution in [1.29, 1.82) is 0 Å². The summed E-state index contributed by atoms with van der Waals surface area (Å²) in [7, 11) is 0. The van der Waals surface area contributed by atoms with Crippen molar-refractivity contribution in [3.8, 4) is 5.75 Å². The highest BCUT2D eigenvalue weighted by molar-refractivity contribution is 5.57. The normalized spacial score (nSPS) is 10.4. The SMILES string of the molecule is CCOc1ccc(Nc2cnnc(N(CC)Cc3ccccc3)n2)cc1. The number of hydrogen-bond acceptors (Lipinski definition) is 6. The maximum absolute atomic E-state index is 5.46. The first kappa shape index (κ1) is 17.7. The Bertz CT molecular complexity index is 808. The Balaban J connectivity index is 1.72. The van der Waals surface area contributed by atoms with Crippen LogP contribution in [0.15, 0.2) is 60.8 Å². The van der Waals surface area contributed by atoms with Crippen molar-refractivity contribution in [2.45, 2.75) is 20.4 Å². The predicted molar refractivity (Wildman–Crippen MR) is 104 cm³/mol. The van der Waals surface area contributed by atoms with Crippen LogP contribution in [0.3, 0.4) is 0 Å². The number of nitrogens with one attached hydrogen (secondary N) is 1. The van der Waals surface area contributed by atoms with Crippen molar-refractivity contribution in [3.05, 3.63) is 66.4 Å². The van der Waals surface area contributed by atoms with Crippen LogP contribution >= 0.6 is 0 Å². The van der Waals surface area contributed by atoms with Crippen molar-refractivity contribution >= 4 is 17.5 Å². The molecule has 0 saturated carbocycles. The third-order valence-electron chi connectivity index (χ3n) is 3.87. The molecule has 1 heterocycles. The van der Waals surface area contributed by atoms with Gasteiger partial charge in [-0.05, 0) is 43.7 Å². The summed E-state index contributed by atoms with van der Waals surface area (Å²) in [5, 5.41) is 11.5. The lowest BCUT2D eigenvalue weighted by molar-refractivity contribution is 0.340. The van der Waals surface area contributed by atoms with Crippen molar-refractivity contribution in [2.75, 3.05) is 23.4 Å². The molecule has 0 amide bonds. The van der Waals surface area contributed by atoms with E-state index in [0.29, 0.717) is 18.4 Å². The molecule has 6 heteroatoms. The van der Waals surface area contributed by atoms with Gasteiger partial charge in [0, 0.05) is 18.8 Å². The van der Waals surface area contributed by atoms with Crippen LogP contribution in [0.1, 0.15) is 19.4 Å². The van der Waals surface area contributed by atoms with Crippen LogP contribution in [-0.2, 0) is 6.54 Å². The number of nitrogens with zero attached hydrogens (tertiary/aromatic N) is 4. The molecule has 0 spiro atoms. The van der Waals surface area contributed by atoms with E-state index in [0.717, 1.165) is 24.5 Å². The van der Waals surface area contributed by atoms with E-state index in [9.17, 15) is 0 Å². The monoisotopic (exact) mass is 349 g/mol. The van der Waals surface area contributed by atoms with Crippen LogP contribution in [0, 0.1) is 0 Å². The number of anilines is 3. The minimum absolute atomic E-state index is 0.604. The zero-order chi connectivity index (χ0) is 18.2. The van der Waals surface area contributed by atoms with Crippen LogP contribution in [0.5, 0.6) is 5.75 Å². The van der Waals surface area contributed by atoms with E-state index in [-0.39, 0.29) is 0 Å². The van der Waals surface area contributed by atoms with Gasteiger partial charge in [-0.25, -0.2) is 0 Å². The topological polar surface area (TPSA) is 63.2 Å². The highest BCUT2D eigenvalue weighted by Gasteiger charge is 2.10. The van der Waals surface area contributed by atoms with Gasteiger partial charge in [0.2, 0.25) is 5.95 Å². The summed E-state index contributed by atoms with van der Waals surface area (Å²) in [6.45, 7) is 6.24. The van der Waals surface area contributed by atoms with Crippen LogP contribution in [-0.4, -0.2) is 28.3 Å². The highest BCUT2D eigenvalue weighted by atomic mass is 16.5. The fourth-order valence-electron chi connectivity index (χ4n) is 2.57. The summed E-state index contributed by atoms with van der Waals surface area (Å²) in [6, 6.07) is 18.0. The lowest BCUT2D eigenvalue weighted by Gasteiger charge is -2.20. The van der Waals surface area contributed by atoms with Gasteiger partial charge in [-0.15, -0.1) is 5.10 Å². The molecule has 0 radical (unpaired) electrons. The third-order valence-corrected chi connectivity index (χ3v) is 3.87. The first-order chi connectivity index (χ1) is 12.8.